The van der Waals surface area contributed by atoms with Crippen molar-refractivity contribution in [3.63, 3.8) is 0 Å². The van der Waals surface area contributed by atoms with Crippen molar-refractivity contribution in [2.75, 3.05) is 6.61 Å². The summed E-state index contributed by atoms with van der Waals surface area (Å²) >= 11 is 3.45. The van der Waals surface area contributed by atoms with Crippen molar-refractivity contribution in [3.05, 3.63) is 59.7 Å². The molecular formula is C18H18BrNO4. The molecule has 2 atom stereocenters. The average molecular weight is 392 g/mol. The molecule has 0 fully saturated rings. The minimum absolute atomic E-state index is 0.237. The molecule has 1 aromatic rings. The van der Waals surface area contributed by atoms with Crippen molar-refractivity contribution >= 4 is 33.6 Å². The van der Waals surface area contributed by atoms with Gasteiger partial charge in [0.05, 0.1) is 18.2 Å². The van der Waals surface area contributed by atoms with Crippen LogP contribution in [0.4, 0.5) is 0 Å². The smallest absolute Gasteiger partial charge is 0.337 e. The standard InChI is InChI=1S/C18H18BrNO4/c1-3-24-17(23)14-9-10-15(20-12(2)21)18(19,11-14)16(22)13-7-5-4-6-8-13/h4-11,15H,3H2,1-2H3,(H,20,21). The Labute approximate surface area is 148 Å². The molecule has 0 aromatic heterocycles. The third-order valence-electron chi connectivity index (χ3n) is 3.54. The molecule has 0 aliphatic heterocycles. The maximum absolute atomic E-state index is 13.0. The summed E-state index contributed by atoms with van der Waals surface area (Å²) in [6, 6.07) is 8.07. The van der Waals surface area contributed by atoms with Gasteiger partial charge in [-0.15, -0.1) is 0 Å². The van der Waals surface area contributed by atoms with Gasteiger partial charge in [0.25, 0.3) is 0 Å². The highest BCUT2D eigenvalue weighted by molar-refractivity contribution is 9.10. The Bertz CT molecular complexity index is 711. The topological polar surface area (TPSA) is 72.5 Å². The largest absolute Gasteiger partial charge is 0.462 e. The van der Waals surface area contributed by atoms with Gasteiger partial charge in [-0.2, -0.15) is 0 Å². The molecule has 2 unspecified atom stereocenters. The van der Waals surface area contributed by atoms with Crippen LogP contribution >= 0.6 is 15.9 Å². The molecule has 1 aromatic carbocycles. The van der Waals surface area contributed by atoms with Gasteiger partial charge in [-0.05, 0) is 19.1 Å². The van der Waals surface area contributed by atoms with Crippen molar-refractivity contribution < 1.29 is 19.1 Å². The van der Waals surface area contributed by atoms with E-state index in [0.717, 1.165) is 0 Å². The highest BCUT2D eigenvalue weighted by atomic mass is 79.9. The van der Waals surface area contributed by atoms with E-state index in [9.17, 15) is 14.4 Å². The number of rotatable bonds is 5. The van der Waals surface area contributed by atoms with Crippen LogP contribution in [-0.4, -0.2) is 34.6 Å². The molecule has 0 saturated heterocycles. The van der Waals surface area contributed by atoms with Crippen LogP contribution in [0.1, 0.15) is 24.2 Å². The molecule has 6 heteroatoms. The molecule has 5 nitrogen and oxygen atoms in total. The zero-order valence-electron chi connectivity index (χ0n) is 13.4. The second kappa shape index (κ2) is 7.57. The first-order chi connectivity index (χ1) is 11.4. The number of ether oxygens (including phenoxy) is 1. The molecule has 2 rings (SSSR count). The summed E-state index contributed by atoms with van der Waals surface area (Å²) in [5.41, 5.74) is 0.735. The predicted octanol–water partition coefficient (Wildman–Crippen LogP) is 2.57. The van der Waals surface area contributed by atoms with E-state index < -0.39 is 16.3 Å². The lowest BCUT2D eigenvalue weighted by atomic mass is 9.85. The monoisotopic (exact) mass is 391 g/mol. The van der Waals surface area contributed by atoms with Crippen LogP contribution in [0.25, 0.3) is 0 Å². The first kappa shape index (κ1) is 18.1. The lowest BCUT2D eigenvalue weighted by molar-refractivity contribution is -0.138. The third kappa shape index (κ3) is 3.82. The van der Waals surface area contributed by atoms with E-state index in [-0.39, 0.29) is 23.9 Å². The first-order valence-electron chi connectivity index (χ1n) is 7.52. The molecule has 0 bridgehead atoms. The second-order valence-electron chi connectivity index (χ2n) is 5.32. The molecular weight excluding hydrogens is 374 g/mol. The van der Waals surface area contributed by atoms with Gasteiger partial charge in [-0.1, -0.05) is 52.3 Å². The second-order valence-corrected chi connectivity index (χ2v) is 6.63. The van der Waals surface area contributed by atoms with E-state index in [4.69, 9.17) is 4.74 Å². The molecule has 0 heterocycles. The number of halogens is 1. The summed E-state index contributed by atoms with van der Waals surface area (Å²) < 4.78 is 3.73. The van der Waals surface area contributed by atoms with Crippen LogP contribution in [0.15, 0.2) is 54.1 Å². The van der Waals surface area contributed by atoms with Crippen LogP contribution in [-0.2, 0) is 14.3 Å². The van der Waals surface area contributed by atoms with Gasteiger partial charge in [-0.25, -0.2) is 4.79 Å². The van der Waals surface area contributed by atoms with Gasteiger partial charge < -0.3 is 10.1 Å². The number of benzene rings is 1. The number of alkyl halides is 1. The number of nitrogens with one attached hydrogen (secondary N) is 1. The van der Waals surface area contributed by atoms with Gasteiger partial charge in [0.15, 0.2) is 5.78 Å². The molecule has 0 saturated carbocycles. The zero-order valence-corrected chi connectivity index (χ0v) is 15.0. The van der Waals surface area contributed by atoms with Crippen LogP contribution < -0.4 is 5.32 Å². The summed E-state index contributed by atoms with van der Waals surface area (Å²) in [4.78, 5) is 36.5. The Hall–Kier alpha value is -2.21. The Kier molecular flexibility index (Phi) is 5.72. The maximum atomic E-state index is 13.0. The number of Topliss-reactive ketones (excluding diaryl/α,β-unsaturated/α-hetero) is 1. The van der Waals surface area contributed by atoms with Gasteiger partial charge in [0, 0.05) is 12.5 Å². The number of carbonyl (C=O) groups excluding carboxylic acids is 3. The van der Waals surface area contributed by atoms with Crippen molar-refractivity contribution in [2.24, 2.45) is 0 Å². The van der Waals surface area contributed by atoms with E-state index in [0.29, 0.717) is 5.56 Å². The molecule has 1 aliphatic rings. The fourth-order valence-electron chi connectivity index (χ4n) is 2.44. The number of carbonyl (C=O) groups is 3. The number of esters is 1. The average Bonchev–Trinajstić information content (AvgIpc) is 2.56. The molecule has 24 heavy (non-hydrogen) atoms. The number of amides is 1. The van der Waals surface area contributed by atoms with Crippen LogP contribution in [0.2, 0.25) is 0 Å². The summed E-state index contributed by atoms with van der Waals surface area (Å²) in [6.45, 7) is 3.32. The summed E-state index contributed by atoms with van der Waals surface area (Å²) in [7, 11) is 0. The third-order valence-corrected chi connectivity index (χ3v) is 4.62. The fraction of sp³-hybridized carbons (Fsp3) is 0.278. The lowest BCUT2D eigenvalue weighted by Crippen LogP contribution is -2.52. The van der Waals surface area contributed by atoms with E-state index in [1.54, 1.807) is 43.3 Å². The number of ketones is 1. The normalized spacial score (nSPS) is 22.5. The van der Waals surface area contributed by atoms with Crippen LogP contribution in [0.3, 0.4) is 0 Å². The lowest BCUT2D eigenvalue weighted by Gasteiger charge is -2.33. The first-order valence-corrected chi connectivity index (χ1v) is 8.31. The fourth-order valence-corrected chi connectivity index (χ4v) is 3.18. The van der Waals surface area contributed by atoms with E-state index in [1.807, 2.05) is 6.07 Å². The minimum atomic E-state index is -1.27. The number of hydrogen-bond acceptors (Lipinski definition) is 4. The van der Waals surface area contributed by atoms with Gasteiger partial charge in [0.1, 0.15) is 4.32 Å². The Balaban J connectivity index is 2.44. The molecule has 1 N–H and O–H groups in total. The summed E-state index contributed by atoms with van der Waals surface area (Å²) in [5, 5.41) is 2.72. The van der Waals surface area contributed by atoms with Gasteiger partial charge in [0.2, 0.25) is 5.91 Å². The molecule has 0 spiro atoms. The van der Waals surface area contributed by atoms with Gasteiger partial charge in [-0.3, -0.25) is 9.59 Å². The SMILES string of the molecule is CCOC(=O)C1=CC(Br)(C(=O)c2ccccc2)C(NC(C)=O)C=C1. The van der Waals surface area contributed by atoms with Crippen molar-refractivity contribution in [1.29, 1.82) is 0 Å². The van der Waals surface area contributed by atoms with Crippen molar-refractivity contribution in [1.82, 2.24) is 5.32 Å². The predicted molar refractivity (Wildman–Crippen MR) is 93.9 cm³/mol. The summed E-state index contributed by atoms with van der Waals surface area (Å²) in [6.07, 6.45) is 4.67. The molecule has 1 amide bonds. The summed E-state index contributed by atoms with van der Waals surface area (Å²) in [5.74, 6) is -1.05. The maximum Gasteiger partial charge on any atom is 0.337 e. The van der Waals surface area contributed by atoms with Crippen molar-refractivity contribution in [3.8, 4) is 0 Å². The quantitative estimate of drug-likeness (QED) is 0.475. The van der Waals surface area contributed by atoms with E-state index in [1.165, 1.54) is 13.0 Å². The Morgan fingerprint density at radius 1 is 1.25 bits per heavy atom. The zero-order chi connectivity index (χ0) is 17.7. The Morgan fingerprint density at radius 3 is 2.50 bits per heavy atom. The highest BCUT2D eigenvalue weighted by Gasteiger charge is 2.44. The van der Waals surface area contributed by atoms with Crippen LogP contribution in [0, 0.1) is 0 Å². The van der Waals surface area contributed by atoms with Crippen molar-refractivity contribution in [2.45, 2.75) is 24.2 Å². The van der Waals surface area contributed by atoms with E-state index in [2.05, 4.69) is 21.2 Å². The molecule has 0 radical (unpaired) electrons. The number of hydrogen-bond donors (Lipinski definition) is 1. The minimum Gasteiger partial charge on any atom is -0.462 e. The van der Waals surface area contributed by atoms with Gasteiger partial charge >= 0.3 is 5.97 Å². The van der Waals surface area contributed by atoms with E-state index >= 15 is 0 Å². The van der Waals surface area contributed by atoms with Crippen LogP contribution in [0.5, 0.6) is 0 Å². The molecule has 126 valence electrons. The Morgan fingerprint density at radius 2 is 1.92 bits per heavy atom. The highest BCUT2D eigenvalue weighted by Crippen LogP contribution is 2.34. The molecule has 1 aliphatic carbocycles.